The van der Waals surface area contributed by atoms with Gasteiger partial charge in [0.2, 0.25) is 0 Å². The topological polar surface area (TPSA) is 46.5 Å². The van der Waals surface area contributed by atoms with Crippen LogP contribution in [0.1, 0.15) is 30.9 Å². The van der Waals surface area contributed by atoms with Crippen molar-refractivity contribution in [3.05, 3.63) is 35.4 Å². The summed E-state index contributed by atoms with van der Waals surface area (Å²) in [6.07, 6.45) is -0.723. The normalized spacial score (nSPS) is 16.1. The number of rotatable bonds is 4. The average Bonchev–Trinajstić information content (AvgIpc) is 2.29. The predicted molar refractivity (Wildman–Crippen MR) is 66.8 cm³/mol. The highest BCUT2D eigenvalue weighted by molar-refractivity contribution is 5.74. The molecule has 1 aromatic rings. The SMILES string of the molecule is COC(=O)[C@H](C(C)c1ccc(C)cc1)[C@H](C)O. The smallest absolute Gasteiger partial charge is 0.311 e. The minimum atomic E-state index is -0.723. The molecule has 0 aliphatic heterocycles. The monoisotopic (exact) mass is 236 g/mol. The zero-order valence-electron chi connectivity index (χ0n) is 10.8. The Bertz CT molecular complexity index is 368. The molecule has 17 heavy (non-hydrogen) atoms. The van der Waals surface area contributed by atoms with E-state index in [9.17, 15) is 9.90 Å². The molecular formula is C14H20O3. The molecule has 3 nitrogen and oxygen atoms in total. The molecule has 1 rings (SSSR count). The summed E-state index contributed by atoms with van der Waals surface area (Å²) in [5.41, 5.74) is 2.21. The van der Waals surface area contributed by atoms with Crippen molar-refractivity contribution in [2.24, 2.45) is 5.92 Å². The summed E-state index contributed by atoms with van der Waals surface area (Å²) in [6, 6.07) is 7.97. The quantitative estimate of drug-likeness (QED) is 0.816. The van der Waals surface area contributed by atoms with Gasteiger partial charge in [0.25, 0.3) is 0 Å². The molecule has 0 aliphatic rings. The molecular weight excluding hydrogens is 216 g/mol. The van der Waals surface area contributed by atoms with E-state index in [4.69, 9.17) is 4.74 Å². The minimum absolute atomic E-state index is 0.0666. The number of carbonyl (C=O) groups is 1. The van der Waals surface area contributed by atoms with E-state index in [1.807, 2.05) is 38.1 Å². The summed E-state index contributed by atoms with van der Waals surface area (Å²) in [5, 5.41) is 9.70. The lowest BCUT2D eigenvalue weighted by molar-refractivity contribution is -0.150. The zero-order chi connectivity index (χ0) is 13.0. The van der Waals surface area contributed by atoms with Crippen LogP contribution >= 0.6 is 0 Å². The molecule has 0 aromatic heterocycles. The standard InChI is InChI=1S/C14H20O3/c1-9-5-7-12(8-6-9)10(2)13(11(3)15)14(16)17-4/h5-8,10-11,13,15H,1-4H3/t10?,11-,13+/m0/s1. The van der Waals surface area contributed by atoms with E-state index < -0.39 is 12.0 Å². The Morgan fingerprint density at radius 2 is 1.76 bits per heavy atom. The number of benzene rings is 1. The van der Waals surface area contributed by atoms with Crippen molar-refractivity contribution < 1.29 is 14.6 Å². The van der Waals surface area contributed by atoms with Gasteiger partial charge in [0, 0.05) is 0 Å². The molecule has 0 amide bonds. The highest BCUT2D eigenvalue weighted by Crippen LogP contribution is 2.28. The lowest BCUT2D eigenvalue weighted by atomic mass is 9.84. The molecule has 0 saturated carbocycles. The van der Waals surface area contributed by atoms with Gasteiger partial charge in [-0.3, -0.25) is 4.79 Å². The van der Waals surface area contributed by atoms with Crippen LogP contribution in [0.5, 0.6) is 0 Å². The van der Waals surface area contributed by atoms with Gasteiger partial charge in [-0.05, 0) is 25.3 Å². The van der Waals surface area contributed by atoms with Crippen molar-refractivity contribution in [1.82, 2.24) is 0 Å². The van der Waals surface area contributed by atoms with Crippen LogP contribution in [0.3, 0.4) is 0 Å². The van der Waals surface area contributed by atoms with Gasteiger partial charge in [-0.25, -0.2) is 0 Å². The molecule has 0 aliphatic carbocycles. The molecule has 0 bridgehead atoms. The summed E-state index contributed by atoms with van der Waals surface area (Å²) in [7, 11) is 1.35. The van der Waals surface area contributed by atoms with Gasteiger partial charge in [-0.1, -0.05) is 36.8 Å². The zero-order valence-corrected chi connectivity index (χ0v) is 10.8. The largest absolute Gasteiger partial charge is 0.469 e. The molecule has 1 N–H and O–H groups in total. The van der Waals surface area contributed by atoms with E-state index in [0.29, 0.717) is 0 Å². The molecule has 1 unspecified atom stereocenters. The Morgan fingerprint density at radius 1 is 1.24 bits per heavy atom. The number of hydrogen-bond donors (Lipinski definition) is 1. The van der Waals surface area contributed by atoms with E-state index in [0.717, 1.165) is 5.56 Å². The number of carbonyl (C=O) groups excluding carboxylic acids is 1. The third-order valence-electron chi connectivity index (χ3n) is 3.13. The number of esters is 1. The third kappa shape index (κ3) is 3.30. The second-order valence-corrected chi connectivity index (χ2v) is 4.49. The van der Waals surface area contributed by atoms with Crippen LogP contribution in [0.25, 0.3) is 0 Å². The summed E-state index contributed by atoms with van der Waals surface area (Å²) < 4.78 is 4.74. The Kier molecular flexibility index (Phi) is 4.70. The van der Waals surface area contributed by atoms with Crippen molar-refractivity contribution >= 4 is 5.97 Å². The van der Waals surface area contributed by atoms with Crippen LogP contribution in [-0.4, -0.2) is 24.3 Å². The Balaban J connectivity index is 2.95. The highest BCUT2D eigenvalue weighted by atomic mass is 16.5. The van der Waals surface area contributed by atoms with Crippen molar-refractivity contribution in [3.63, 3.8) is 0 Å². The first-order valence-electron chi connectivity index (χ1n) is 5.79. The summed E-state index contributed by atoms with van der Waals surface area (Å²) in [4.78, 5) is 11.7. The predicted octanol–water partition coefficient (Wildman–Crippen LogP) is 2.27. The number of hydrogen-bond acceptors (Lipinski definition) is 3. The van der Waals surface area contributed by atoms with Gasteiger partial charge in [0.1, 0.15) is 0 Å². The molecule has 0 spiro atoms. The minimum Gasteiger partial charge on any atom is -0.469 e. The van der Waals surface area contributed by atoms with Crippen molar-refractivity contribution in [2.75, 3.05) is 7.11 Å². The maximum absolute atomic E-state index is 11.7. The van der Waals surface area contributed by atoms with Gasteiger partial charge in [-0.15, -0.1) is 0 Å². The Labute approximate surface area is 102 Å². The van der Waals surface area contributed by atoms with Gasteiger partial charge in [-0.2, -0.15) is 0 Å². The highest BCUT2D eigenvalue weighted by Gasteiger charge is 2.31. The fourth-order valence-corrected chi connectivity index (χ4v) is 2.03. The van der Waals surface area contributed by atoms with E-state index in [1.54, 1.807) is 6.92 Å². The van der Waals surface area contributed by atoms with E-state index in [1.165, 1.54) is 12.7 Å². The van der Waals surface area contributed by atoms with Crippen LogP contribution in [0.2, 0.25) is 0 Å². The van der Waals surface area contributed by atoms with Gasteiger partial charge in [0.05, 0.1) is 19.1 Å². The maximum atomic E-state index is 11.7. The number of aliphatic hydroxyl groups excluding tert-OH is 1. The van der Waals surface area contributed by atoms with E-state index in [2.05, 4.69) is 0 Å². The van der Waals surface area contributed by atoms with Gasteiger partial charge in [0.15, 0.2) is 0 Å². The Morgan fingerprint density at radius 3 is 2.18 bits per heavy atom. The summed E-state index contributed by atoms with van der Waals surface area (Å²) in [6.45, 7) is 5.56. The molecule has 1 aromatic carbocycles. The van der Waals surface area contributed by atoms with Crippen LogP contribution in [-0.2, 0) is 9.53 Å². The molecule has 0 heterocycles. The molecule has 0 saturated heterocycles. The fraction of sp³-hybridized carbons (Fsp3) is 0.500. The number of aryl methyl sites for hydroxylation is 1. The second kappa shape index (κ2) is 5.82. The van der Waals surface area contributed by atoms with Gasteiger partial charge < -0.3 is 9.84 Å². The lowest BCUT2D eigenvalue weighted by Gasteiger charge is -2.24. The van der Waals surface area contributed by atoms with Crippen LogP contribution in [0.15, 0.2) is 24.3 Å². The first-order valence-corrected chi connectivity index (χ1v) is 5.79. The second-order valence-electron chi connectivity index (χ2n) is 4.49. The van der Waals surface area contributed by atoms with Crippen LogP contribution < -0.4 is 0 Å². The molecule has 0 radical (unpaired) electrons. The fourth-order valence-electron chi connectivity index (χ4n) is 2.03. The van der Waals surface area contributed by atoms with Crippen LogP contribution in [0.4, 0.5) is 0 Å². The Hall–Kier alpha value is -1.35. The number of methoxy groups -OCH3 is 1. The summed E-state index contributed by atoms with van der Waals surface area (Å²) in [5.74, 6) is -0.959. The maximum Gasteiger partial charge on any atom is 0.311 e. The first-order chi connectivity index (χ1) is 7.97. The van der Waals surface area contributed by atoms with Crippen molar-refractivity contribution in [3.8, 4) is 0 Å². The number of aliphatic hydroxyl groups is 1. The van der Waals surface area contributed by atoms with Crippen molar-refractivity contribution in [2.45, 2.75) is 32.8 Å². The number of ether oxygens (including phenoxy) is 1. The third-order valence-corrected chi connectivity index (χ3v) is 3.13. The molecule has 94 valence electrons. The van der Waals surface area contributed by atoms with Crippen LogP contribution in [0, 0.1) is 12.8 Å². The first kappa shape index (κ1) is 13.7. The van der Waals surface area contributed by atoms with Crippen molar-refractivity contribution in [1.29, 1.82) is 0 Å². The van der Waals surface area contributed by atoms with Gasteiger partial charge >= 0.3 is 5.97 Å². The molecule has 3 heteroatoms. The van der Waals surface area contributed by atoms with E-state index in [-0.39, 0.29) is 11.9 Å². The van der Waals surface area contributed by atoms with E-state index >= 15 is 0 Å². The summed E-state index contributed by atoms with van der Waals surface area (Å²) >= 11 is 0. The molecule has 3 atom stereocenters. The molecule has 0 fully saturated rings. The lowest BCUT2D eigenvalue weighted by Crippen LogP contribution is -2.31. The average molecular weight is 236 g/mol.